The molecule has 0 unspecified atom stereocenters. The van der Waals surface area contributed by atoms with E-state index >= 15 is 0 Å². The molecule has 2 aromatic heterocycles. The first-order chi connectivity index (χ1) is 10.1. The number of aromatic nitrogens is 2. The molecule has 106 valence electrons. The largest absolute Gasteiger partial charge is 0.384 e. The maximum atomic E-state index is 12.3. The number of pyridine rings is 1. The highest BCUT2D eigenvalue weighted by Crippen LogP contribution is 2.19. The van der Waals surface area contributed by atoms with Gasteiger partial charge >= 0.3 is 4.87 Å². The highest BCUT2D eigenvalue weighted by Gasteiger charge is 2.12. The molecular weight excluding hydrogens is 288 g/mol. The van der Waals surface area contributed by atoms with Crippen molar-refractivity contribution in [3.63, 3.8) is 0 Å². The van der Waals surface area contributed by atoms with Crippen LogP contribution in [0.4, 0.5) is 5.82 Å². The van der Waals surface area contributed by atoms with Crippen molar-refractivity contribution in [1.29, 1.82) is 0 Å². The van der Waals surface area contributed by atoms with Crippen LogP contribution in [-0.4, -0.2) is 15.9 Å². The number of carbonyl (C=O) groups excluding carboxylic acids is 1. The Morgan fingerprint density at radius 3 is 2.95 bits per heavy atom. The van der Waals surface area contributed by atoms with E-state index in [9.17, 15) is 9.59 Å². The molecular formula is C14H12N4O2S. The molecule has 0 aliphatic heterocycles. The number of carbonyl (C=O) groups is 1. The molecule has 0 saturated heterocycles. The molecule has 0 spiro atoms. The van der Waals surface area contributed by atoms with Gasteiger partial charge in [-0.3, -0.25) is 9.59 Å². The normalized spacial score (nSPS) is 10.7. The molecule has 0 saturated carbocycles. The first-order valence-electron chi connectivity index (χ1n) is 6.23. The first-order valence-corrected chi connectivity index (χ1v) is 7.11. The minimum atomic E-state index is -0.257. The number of anilines is 1. The van der Waals surface area contributed by atoms with Crippen LogP contribution in [0.15, 0.2) is 40.5 Å². The first kappa shape index (κ1) is 13.3. The van der Waals surface area contributed by atoms with Gasteiger partial charge in [-0.15, -0.1) is 0 Å². The fourth-order valence-corrected chi connectivity index (χ4v) is 2.64. The lowest BCUT2D eigenvalue weighted by Gasteiger charge is -2.08. The maximum Gasteiger partial charge on any atom is 0.304 e. The van der Waals surface area contributed by atoms with Crippen LogP contribution in [0.1, 0.15) is 16.1 Å². The molecule has 0 bridgehead atoms. The van der Waals surface area contributed by atoms with E-state index in [2.05, 4.69) is 15.3 Å². The summed E-state index contributed by atoms with van der Waals surface area (Å²) < 4.78 is 0. The number of rotatable bonds is 3. The van der Waals surface area contributed by atoms with E-state index in [4.69, 9.17) is 5.73 Å². The monoisotopic (exact) mass is 300 g/mol. The van der Waals surface area contributed by atoms with Gasteiger partial charge in [0.05, 0.1) is 17.6 Å². The Balaban J connectivity index is 1.89. The Morgan fingerprint density at radius 1 is 1.38 bits per heavy atom. The molecule has 0 fully saturated rings. The molecule has 0 atom stereocenters. The highest BCUT2D eigenvalue weighted by molar-refractivity contribution is 7.07. The second kappa shape index (κ2) is 5.37. The molecule has 3 rings (SSSR count). The number of thiazole rings is 1. The van der Waals surface area contributed by atoms with Crippen molar-refractivity contribution in [2.24, 2.45) is 0 Å². The number of fused-ring (bicyclic) bond motifs is 1. The van der Waals surface area contributed by atoms with Crippen LogP contribution < -0.4 is 15.9 Å². The van der Waals surface area contributed by atoms with Gasteiger partial charge in [0.25, 0.3) is 5.91 Å². The van der Waals surface area contributed by atoms with E-state index < -0.39 is 0 Å². The minimum Gasteiger partial charge on any atom is -0.384 e. The van der Waals surface area contributed by atoms with E-state index in [0.717, 1.165) is 16.7 Å². The van der Waals surface area contributed by atoms with E-state index in [-0.39, 0.29) is 17.3 Å². The molecule has 6 nitrogen and oxygen atoms in total. The Hall–Kier alpha value is -2.67. The number of amides is 1. The topological polar surface area (TPSA) is 101 Å². The predicted molar refractivity (Wildman–Crippen MR) is 82.3 cm³/mol. The van der Waals surface area contributed by atoms with Crippen LogP contribution in [-0.2, 0) is 6.54 Å². The molecule has 0 aliphatic rings. The Kier molecular flexibility index (Phi) is 3.41. The predicted octanol–water partition coefficient (Wildman–Crippen LogP) is 1.50. The minimum absolute atomic E-state index is 0.141. The van der Waals surface area contributed by atoms with Gasteiger partial charge in [0, 0.05) is 16.5 Å². The molecule has 0 aliphatic carbocycles. The van der Waals surface area contributed by atoms with E-state index in [1.54, 1.807) is 17.5 Å². The summed E-state index contributed by atoms with van der Waals surface area (Å²) in [4.78, 5) is 30.1. The van der Waals surface area contributed by atoms with Crippen LogP contribution in [0.2, 0.25) is 0 Å². The third-order valence-corrected chi connectivity index (χ3v) is 3.71. The van der Waals surface area contributed by atoms with Crippen LogP contribution in [0.25, 0.3) is 10.9 Å². The summed E-state index contributed by atoms with van der Waals surface area (Å²) in [5, 5.41) is 5.18. The van der Waals surface area contributed by atoms with Gasteiger partial charge in [-0.25, -0.2) is 4.98 Å². The zero-order chi connectivity index (χ0) is 14.8. The summed E-state index contributed by atoms with van der Waals surface area (Å²) >= 11 is 1.06. The van der Waals surface area contributed by atoms with Crippen LogP contribution in [0.5, 0.6) is 0 Å². The smallest absolute Gasteiger partial charge is 0.304 e. The summed E-state index contributed by atoms with van der Waals surface area (Å²) in [6.07, 6.45) is 0. The van der Waals surface area contributed by atoms with Crippen molar-refractivity contribution < 1.29 is 4.79 Å². The number of H-pyrrole nitrogens is 1. The second-order valence-corrected chi connectivity index (χ2v) is 5.31. The van der Waals surface area contributed by atoms with Gasteiger partial charge in [-0.1, -0.05) is 29.5 Å². The molecule has 2 heterocycles. The van der Waals surface area contributed by atoms with Gasteiger partial charge < -0.3 is 16.0 Å². The Labute approximate surface area is 123 Å². The third kappa shape index (κ3) is 2.77. The maximum absolute atomic E-state index is 12.3. The van der Waals surface area contributed by atoms with Gasteiger partial charge in [0.2, 0.25) is 0 Å². The van der Waals surface area contributed by atoms with Gasteiger partial charge in [-0.2, -0.15) is 0 Å². The standard InChI is InChI=1S/C14H12N4O2S/c15-12-5-10(9-3-1-2-4-11(9)18-12)13(19)16-6-8-7-21-14(20)17-8/h1-5,7H,6H2,(H2,15,18)(H,16,19)(H,17,20). The lowest BCUT2D eigenvalue weighted by Crippen LogP contribution is -2.23. The lowest BCUT2D eigenvalue weighted by molar-refractivity contribution is 0.0952. The number of nitrogens with zero attached hydrogens (tertiary/aromatic N) is 1. The van der Waals surface area contributed by atoms with Crippen molar-refractivity contribution >= 4 is 34.0 Å². The summed E-state index contributed by atoms with van der Waals surface area (Å²) in [6, 6.07) is 8.86. The molecule has 7 heteroatoms. The van der Waals surface area contributed by atoms with Crippen molar-refractivity contribution in [2.45, 2.75) is 6.54 Å². The number of para-hydroxylation sites is 1. The number of hydrogen-bond donors (Lipinski definition) is 3. The quantitative estimate of drug-likeness (QED) is 0.682. The number of benzene rings is 1. The average Bonchev–Trinajstić information content (AvgIpc) is 2.89. The van der Waals surface area contributed by atoms with Crippen molar-refractivity contribution in [3.05, 3.63) is 56.6 Å². The van der Waals surface area contributed by atoms with Crippen LogP contribution >= 0.6 is 11.3 Å². The molecule has 0 radical (unpaired) electrons. The van der Waals surface area contributed by atoms with Crippen molar-refractivity contribution in [2.75, 3.05) is 5.73 Å². The van der Waals surface area contributed by atoms with Crippen molar-refractivity contribution in [3.8, 4) is 0 Å². The van der Waals surface area contributed by atoms with E-state index in [1.807, 2.05) is 18.2 Å². The molecule has 1 aromatic carbocycles. The number of nitrogens with one attached hydrogen (secondary N) is 2. The molecule has 1 amide bonds. The molecule has 21 heavy (non-hydrogen) atoms. The van der Waals surface area contributed by atoms with Gasteiger partial charge in [0.15, 0.2) is 0 Å². The fraction of sp³-hybridized carbons (Fsp3) is 0.0714. The number of nitrogens with two attached hydrogens (primary N) is 1. The molecule has 4 N–H and O–H groups in total. The lowest BCUT2D eigenvalue weighted by atomic mass is 10.1. The molecule has 3 aromatic rings. The summed E-state index contributed by atoms with van der Waals surface area (Å²) in [7, 11) is 0. The fourth-order valence-electron chi connectivity index (χ4n) is 2.06. The third-order valence-electron chi connectivity index (χ3n) is 2.99. The number of hydrogen-bond acceptors (Lipinski definition) is 5. The Morgan fingerprint density at radius 2 is 2.19 bits per heavy atom. The van der Waals surface area contributed by atoms with Crippen LogP contribution in [0, 0.1) is 0 Å². The zero-order valence-electron chi connectivity index (χ0n) is 10.9. The number of aromatic amines is 1. The highest BCUT2D eigenvalue weighted by atomic mass is 32.1. The summed E-state index contributed by atoms with van der Waals surface area (Å²) in [5.74, 6) is 0.0372. The van der Waals surface area contributed by atoms with E-state index in [1.165, 1.54) is 0 Å². The second-order valence-electron chi connectivity index (χ2n) is 4.47. The average molecular weight is 300 g/mol. The van der Waals surface area contributed by atoms with E-state index in [0.29, 0.717) is 22.6 Å². The van der Waals surface area contributed by atoms with Gasteiger partial charge in [0.1, 0.15) is 5.82 Å². The zero-order valence-corrected chi connectivity index (χ0v) is 11.7. The summed E-state index contributed by atoms with van der Waals surface area (Å²) in [5.41, 5.74) is 7.55. The Bertz CT molecular complexity index is 869. The summed E-state index contributed by atoms with van der Waals surface area (Å²) in [6.45, 7) is 0.258. The van der Waals surface area contributed by atoms with Crippen molar-refractivity contribution in [1.82, 2.24) is 15.3 Å². The SMILES string of the molecule is Nc1cc(C(=O)NCc2csc(=O)[nH]2)c2ccccc2n1. The van der Waals surface area contributed by atoms with Crippen LogP contribution in [0.3, 0.4) is 0 Å². The van der Waals surface area contributed by atoms with Gasteiger partial charge in [-0.05, 0) is 12.1 Å². The number of nitrogen functional groups attached to an aromatic ring is 1.